The van der Waals surface area contributed by atoms with Crippen LogP contribution < -0.4 is 5.32 Å². The van der Waals surface area contributed by atoms with E-state index in [4.69, 9.17) is 5.11 Å². The Kier molecular flexibility index (Phi) is 3.57. The van der Waals surface area contributed by atoms with Crippen LogP contribution in [-0.4, -0.2) is 16.1 Å². The molecule has 0 unspecified atom stereocenters. The molecule has 0 radical (unpaired) electrons. The molecule has 2 rings (SSSR count). The Bertz CT molecular complexity index is 567. The summed E-state index contributed by atoms with van der Waals surface area (Å²) in [5.74, 6) is -1.03. The number of anilines is 2. The van der Waals surface area contributed by atoms with Gasteiger partial charge in [-0.15, -0.1) is 0 Å². The maximum atomic E-state index is 10.8. The van der Waals surface area contributed by atoms with Crippen molar-refractivity contribution in [2.24, 2.45) is 0 Å². The topological polar surface area (TPSA) is 62.2 Å². The number of benzene rings is 1. The Labute approximate surface area is 105 Å². The third-order valence-corrected chi connectivity index (χ3v) is 2.66. The molecule has 0 spiro atoms. The van der Waals surface area contributed by atoms with Gasteiger partial charge in [-0.25, -0.2) is 9.78 Å². The number of nitrogens with one attached hydrogen (secondary N) is 1. The molecule has 0 fully saturated rings. The van der Waals surface area contributed by atoms with Crippen LogP contribution in [0.3, 0.4) is 0 Å². The van der Waals surface area contributed by atoms with Crippen LogP contribution in [0.5, 0.6) is 0 Å². The molecule has 0 aliphatic rings. The smallest absolute Gasteiger partial charge is 0.354 e. The lowest BCUT2D eigenvalue weighted by Crippen LogP contribution is -2.01. The van der Waals surface area contributed by atoms with E-state index < -0.39 is 5.97 Å². The summed E-state index contributed by atoms with van der Waals surface area (Å²) in [5.41, 5.74) is 2.94. The molecular weight excluding hydrogens is 228 g/mol. The Hall–Kier alpha value is -2.36. The number of para-hydroxylation sites is 1. The predicted molar refractivity (Wildman–Crippen MR) is 70.3 cm³/mol. The Balaban J connectivity index is 2.28. The number of hydrogen-bond donors (Lipinski definition) is 2. The second-order valence-corrected chi connectivity index (χ2v) is 3.87. The lowest BCUT2D eigenvalue weighted by Gasteiger charge is -2.10. The van der Waals surface area contributed by atoms with Gasteiger partial charge >= 0.3 is 5.97 Å². The highest BCUT2D eigenvalue weighted by molar-refractivity contribution is 5.86. The minimum Gasteiger partial charge on any atom is -0.477 e. The number of hydrogen-bond acceptors (Lipinski definition) is 3. The molecular formula is C14H14N2O2. The van der Waals surface area contributed by atoms with Gasteiger partial charge in [-0.3, -0.25) is 0 Å². The monoisotopic (exact) mass is 242 g/mol. The molecule has 0 aliphatic heterocycles. The van der Waals surface area contributed by atoms with Crippen molar-refractivity contribution in [3.8, 4) is 0 Å². The fraction of sp³-hybridized carbons (Fsp3) is 0.143. The lowest BCUT2D eigenvalue weighted by atomic mass is 10.1. The lowest BCUT2D eigenvalue weighted by molar-refractivity contribution is 0.0690. The van der Waals surface area contributed by atoms with Gasteiger partial charge in [-0.05, 0) is 30.2 Å². The number of aryl methyl sites for hydroxylation is 1. The molecule has 92 valence electrons. The third kappa shape index (κ3) is 2.66. The summed E-state index contributed by atoms with van der Waals surface area (Å²) in [6.07, 6.45) is 2.40. The zero-order valence-corrected chi connectivity index (χ0v) is 10.1. The van der Waals surface area contributed by atoms with E-state index in [1.165, 1.54) is 17.8 Å². The quantitative estimate of drug-likeness (QED) is 0.864. The van der Waals surface area contributed by atoms with E-state index in [0.29, 0.717) is 0 Å². The Morgan fingerprint density at radius 3 is 2.83 bits per heavy atom. The van der Waals surface area contributed by atoms with Crippen molar-refractivity contribution in [3.05, 3.63) is 53.9 Å². The van der Waals surface area contributed by atoms with Crippen molar-refractivity contribution < 1.29 is 9.90 Å². The highest BCUT2D eigenvalue weighted by Crippen LogP contribution is 2.21. The van der Waals surface area contributed by atoms with E-state index >= 15 is 0 Å². The molecule has 0 saturated heterocycles. The van der Waals surface area contributed by atoms with Crippen molar-refractivity contribution in [2.45, 2.75) is 13.3 Å². The third-order valence-electron chi connectivity index (χ3n) is 2.66. The van der Waals surface area contributed by atoms with Crippen molar-refractivity contribution in [3.63, 3.8) is 0 Å². The molecule has 0 amide bonds. The molecule has 0 atom stereocenters. The van der Waals surface area contributed by atoms with Crippen LogP contribution in [0.2, 0.25) is 0 Å². The highest BCUT2D eigenvalue weighted by Gasteiger charge is 2.06. The Morgan fingerprint density at radius 2 is 2.11 bits per heavy atom. The minimum atomic E-state index is -1.03. The van der Waals surface area contributed by atoms with Gasteiger partial charge in [0.25, 0.3) is 0 Å². The summed E-state index contributed by atoms with van der Waals surface area (Å²) in [6, 6.07) is 11.2. The van der Waals surface area contributed by atoms with Gasteiger partial charge < -0.3 is 10.4 Å². The molecule has 1 aromatic heterocycles. The van der Waals surface area contributed by atoms with Crippen molar-refractivity contribution >= 4 is 17.3 Å². The van der Waals surface area contributed by atoms with Crippen LogP contribution in [0.25, 0.3) is 0 Å². The molecule has 2 aromatic rings. The number of carbonyl (C=O) groups is 1. The first-order chi connectivity index (χ1) is 8.70. The normalized spacial score (nSPS) is 10.1. The summed E-state index contributed by atoms with van der Waals surface area (Å²) in [7, 11) is 0. The zero-order valence-electron chi connectivity index (χ0n) is 10.1. The fourth-order valence-corrected chi connectivity index (χ4v) is 1.73. The van der Waals surface area contributed by atoms with Gasteiger partial charge in [0.2, 0.25) is 0 Å². The highest BCUT2D eigenvalue weighted by atomic mass is 16.4. The maximum Gasteiger partial charge on any atom is 0.354 e. The number of pyridine rings is 1. The number of aromatic nitrogens is 1. The van der Waals surface area contributed by atoms with E-state index in [0.717, 1.165) is 17.8 Å². The first-order valence-corrected chi connectivity index (χ1v) is 5.75. The van der Waals surface area contributed by atoms with Crippen LogP contribution in [-0.2, 0) is 6.42 Å². The zero-order chi connectivity index (χ0) is 13.0. The molecule has 4 heteroatoms. The average Bonchev–Trinajstić information content (AvgIpc) is 2.39. The molecule has 1 aromatic carbocycles. The van der Waals surface area contributed by atoms with E-state index in [-0.39, 0.29) is 5.69 Å². The molecule has 0 aliphatic carbocycles. The molecule has 18 heavy (non-hydrogen) atoms. The summed E-state index contributed by atoms with van der Waals surface area (Å²) in [4.78, 5) is 14.6. The first kappa shape index (κ1) is 12.1. The minimum absolute atomic E-state index is 0.0361. The van der Waals surface area contributed by atoms with Gasteiger partial charge in [-0.2, -0.15) is 0 Å². The molecule has 0 saturated carbocycles. The van der Waals surface area contributed by atoms with Crippen LogP contribution in [0.4, 0.5) is 11.4 Å². The van der Waals surface area contributed by atoms with Gasteiger partial charge in [0.05, 0.1) is 0 Å². The van der Waals surface area contributed by atoms with E-state index in [9.17, 15) is 4.79 Å². The van der Waals surface area contributed by atoms with Gasteiger partial charge in [0.1, 0.15) is 5.69 Å². The maximum absolute atomic E-state index is 10.8. The van der Waals surface area contributed by atoms with Crippen LogP contribution in [0.15, 0.2) is 42.6 Å². The van der Waals surface area contributed by atoms with E-state index in [2.05, 4.69) is 17.2 Å². The molecule has 1 heterocycles. The predicted octanol–water partition coefficient (Wildman–Crippen LogP) is 3.09. The van der Waals surface area contributed by atoms with Gasteiger partial charge in [-0.1, -0.05) is 25.1 Å². The van der Waals surface area contributed by atoms with Crippen molar-refractivity contribution in [2.75, 3.05) is 5.32 Å². The number of aromatic carboxylic acids is 1. The summed E-state index contributed by atoms with van der Waals surface area (Å²) >= 11 is 0. The molecule has 0 bridgehead atoms. The van der Waals surface area contributed by atoms with Gasteiger partial charge in [0, 0.05) is 17.6 Å². The summed E-state index contributed by atoms with van der Waals surface area (Å²) in [6.45, 7) is 2.08. The summed E-state index contributed by atoms with van der Waals surface area (Å²) in [5, 5.41) is 12.1. The van der Waals surface area contributed by atoms with Gasteiger partial charge in [0.15, 0.2) is 0 Å². The summed E-state index contributed by atoms with van der Waals surface area (Å²) < 4.78 is 0. The average molecular weight is 242 g/mol. The van der Waals surface area contributed by atoms with E-state index in [1.807, 2.05) is 24.3 Å². The van der Waals surface area contributed by atoms with Crippen LogP contribution in [0, 0.1) is 0 Å². The first-order valence-electron chi connectivity index (χ1n) is 5.75. The fourth-order valence-electron chi connectivity index (χ4n) is 1.73. The van der Waals surface area contributed by atoms with Crippen molar-refractivity contribution in [1.29, 1.82) is 0 Å². The number of carboxylic acid groups (broad SMARTS) is 1. The number of rotatable bonds is 4. The SMILES string of the molecule is CCc1ccccc1Nc1ccnc(C(=O)O)c1. The largest absolute Gasteiger partial charge is 0.477 e. The number of carboxylic acids is 1. The second-order valence-electron chi connectivity index (χ2n) is 3.87. The van der Waals surface area contributed by atoms with Crippen molar-refractivity contribution in [1.82, 2.24) is 4.98 Å². The molecule has 4 nitrogen and oxygen atoms in total. The molecule has 2 N–H and O–H groups in total. The standard InChI is InChI=1S/C14H14N2O2/c1-2-10-5-3-4-6-12(10)16-11-7-8-15-13(9-11)14(17)18/h3-9H,2H2,1H3,(H,15,16)(H,17,18). The number of nitrogens with zero attached hydrogens (tertiary/aromatic N) is 1. The second kappa shape index (κ2) is 5.31. The van der Waals surface area contributed by atoms with Crippen LogP contribution in [0.1, 0.15) is 23.0 Å². The van der Waals surface area contributed by atoms with Crippen LogP contribution >= 0.6 is 0 Å². The van der Waals surface area contributed by atoms with E-state index in [1.54, 1.807) is 6.07 Å². The Morgan fingerprint density at radius 1 is 1.33 bits per heavy atom.